The fourth-order valence-corrected chi connectivity index (χ4v) is 2.41. The number of benzene rings is 1. The minimum Gasteiger partial charge on any atom is -0.497 e. The van der Waals surface area contributed by atoms with Crippen LogP contribution in [0.1, 0.15) is 0 Å². The van der Waals surface area contributed by atoms with Gasteiger partial charge in [-0.3, -0.25) is 0 Å². The van der Waals surface area contributed by atoms with Gasteiger partial charge in [0, 0.05) is 11.9 Å². The van der Waals surface area contributed by atoms with Crippen LogP contribution in [0, 0.1) is 0 Å². The van der Waals surface area contributed by atoms with Crippen molar-refractivity contribution in [3.63, 3.8) is 0 Å². The summed E-state index contributed by atoms with van der Waals surface area (Å²) in [6.45, 7) is 0. The van der Waals surface area contributed by atoms with Crippen molar-refractivity contribution in [3.8, 4) is 11.4 Å². The van der Waals surface area contributed by atoms with Crippen molar-refractivity contribution in [2.45, 2.75) is 3.12 Å². The molecule has 0 bridgehead atoms. The molecule has 0 spiro atoms. The van der Waals surface area contributed by atoms with E-state index in [-0.39, 0.29) is 0 Å². The topological polar surface area (TPSA) is 49.0 Å². The van der Waals surface area contributed by atoms with E-state index in [1.807, 2.05) is 0 Å². The van der Waals surface area contributed by atoms with Crippen molar-refractivity contribution >= 4 is 46.8 Å². The van der Waals surface area contributed by atoms with Crippen molar-refractivity contribution in [3.05, 3.63) is 41.1 Å². The molecule has 1 aromatic carbocycles. The molecule has 0 N–H and O–H groups in total. The van der Waals surface area contributed by atoms with Gasteiger partial charge in [0.25, 0.3) is 3.12 Å². The van der Waals surface area contributed by atoms with Crippen LogP contribution < -0.4 is 10.4 Å². The van der Waals surface area contributed by atoms with Crippen LogP contribution in [-0.2, 0) is 0 Å². The molecular weight excluding hydrogens is 333 g/mol. The Morgan fingerprint density at radius 3 is 2.42 bits per heavy atom. The number of rotatable bonds is 3. The van der Waals surface area contributed by atoms with E-state index in [9.17, 15) is 4.79 Å². The molecular formula is C10H8Cl3N3O2S. The molecule has 2 rings (SSSR count). The second kappa shape index (κ2) is 5.66. The van der Waals surface area contributed by atoms with Gasteiger partial charge in [0.15, 0.2) is 0 Å². The second-order valence-corrected chi connectivity index (χ2v) is 7.49. The van der Waals surface area contributed by atoms with Crippen molar-refractivity contribution in [1.82, 2.24) is 13.8 Å². The lowest BCUT2D eigenvalue weighted by Gasteiger charge is -2.07. The molecule has 0 amide bonds. The highest BCUT2D eigenvalue weighted by Gasteiger charge is 2.24. The third kappa shape index (κ3) is 3.60. The third-order valence-electron chi connectivity index (χ3n) is 2.18. The van der Waals surface area contributed by atoms with Gasteiger partial charge in [-0.1, -0.05) is 34.8 Å². The molecule has 9 heteroatoms. The maximum absolute atomic E-state index is 12.0. The Bertz CT molecular complexity index is 618. The molecule has 0 aliphatic rings. The van der Waals surface area contributed by atoms with Crippen LogP contribution in [0.25, 0.3) is 5.69 Å². The molecule has 0 aliphatic heterocycles. The van der Waals surface area contributed by atoms with E-state index in [0.717, 1.165) is 4.09 Å². The zero-order chi connectivity index (χ0) is 14.0. The van der Waals surface area contributed by atoms with E-state index >= 15 is 0 Å². The van der Waals surface area contributed by atoms with Gasteiger partial charge in [0.2, 0.25) is 0 Å². The van der Waals surface area contributed by atoms with Gasteiger partial charge < -0.3 is 4.74 Å². The molecule has 5 nitrogen and oxygen atoms in total. The predicted octanol–water partition coefficient (Wildman–Crippen LogP) is 2.87. The Morgan fingerprint density at radius 2 is 1.89 bits per heavy atom. The van der Waals surface area contributed by atoms with Gasteiger partial charge in [-0.15, -0.1) is 9.19 Å². The average molecular weight is 341 g/mol. The van der Waals surface area contributed by atoms with Crippen molar-refractivity contribution < 1.29 is 4.74 Å². The molecule has 0 saturated heterocycles. The highest BCUT2D eigenvalue weighted by atomic mass is 35.6. The van der Waals surface area contributed by atoms with Crippen LogP contribution in [0.5, 0.6) is 5.75 Å². The first-order valence-corrected chi connectivity index (χ1v) is 6.89. The quantitative estimate of drug-likeness (QED) is 0.806. The van der Waals surface area contributed by atoms with Gasteiger partial charge in [0.1, 0.15) is 12.1 Å². The number of ether oxygens (including phenoxy) is 1. The summed E-state index contributed by atoms with van der Waals surface area (Å²) in [4.78, 5) is 12.0. The minimum absolute atomic E-state index is 0.415. The lowest BCUT2D eigenvalue weighted by Crippen LogP contribution is -2.22. The lowest BCUT2D eigenvalue weighted by molar-refractivity contribution is 0.414. The number of nitrogens with zero attached hydrogens (tertiary/aromatic N) is 3. The van der Waals surface area contributed by atoms with Crippen molar-refractivity contribution in [2.24, 2.45) is 0 Å². The highest BCUT2D eigenvalue weighted by Crippen LogP contribution is 2.38. The molecule has 0 radical (unpaired) electrons. The van der Waals surface area contributed by atoms with Gasteiger partial charge in [0.05, 0.1) is 12.8 Å². The number of alkyl halides is 3. The van der Waals surface area contributed by atoms with E-state index < -0.39 is 8.81 Å². The fourth-order valence-electron chi connectivity index (χ4n) is 1.37. The molecule has 0 aliphatic carbocycles. The Hall–Kier alpha value is -0.820. The molecule has 1 aromatic heterocycles. The van der Waals surface area contributed by atoms with Crippen LogP contribution in [-0.4, -0.2) is 24.0 Å². The second-order valence-electron chi connectivity index (χ2n) is 3.39. The average Bonchev–Trinajstić information content (AvgIpc) is 2.69. The summed E-state index contributed by atoms with van der Waals surface area (Å²) in [6.07, 6.45) is 1.35. The highest BCUT2D eigenvalue weighted by molar-refractivity contribution is 8.03. The van der Waals surface area contributed by atoms with Crippen LogP contribution >= 0.6 is 46.8 Å². The summed E-state index contributed by atoms with van der Waals surface area (Å²) in [5.74, 6) is 0.694. The van der Waals surface area contributed by atoms with Crippen molar-refractivity contribution in [2.75, 3.05) is 7.11 Å². The molecule has 0 fully saturated rings. The monoisotopic (exact) mass is 339 g/mol. The normalized spacial score (nSPS) is 11.6. The zero-order valence-electron chi connectivity index (χ0n) is 9.59. The Balaban J connectivity index is 2.33. The van der Waals surface area contributed by atoms with Crippen LogP contribution in [0.15, 0.2) is 35.4 Å². The Labute approximate surface area is 128 Å². The minimum atomic E-state index is -1.65. The third-order valence-corrected chi connectivity index (χ3v) is 3.43. The number of halogens is 3. The number of hydrogen-bond acceptors (Lipinski definition) is 4. The van der Waals surface area contributed by atoms with E-state index in [1.54, 1.807) is 31.4 Å². The maximum atomic E-state index is 12.0. The lowest BCUT2D eigenvalue weighted by atomic mass is 10.3. The number of aromatic nitrogens is 3. The summed E-state index contributed by atoms with van der Waals surface area (Å²) in [5.41, 5.74) is 0.225. The molecule has 0 saturated carbocycles. The SMILES string of the molecule is COc1ccc(-n2cnn(SC(Cl)(Cl)Cl)c2=O)cc1. The largest absolute Gasteiger partial charge is 0.497 e. The zero-order valence-corrected chi connectivity index (χ0v) is 12.7. The van der Waals surface area contributed by atoms with Gasteiger partial charge in [-0.05, 0) is 24.3 Å². The van der Waals surface area contributed by atoms with Gasteiger partial charge in [-0.2, -0.15) is 0 Å². The molecule has 0 unspecified atom stereocenters. The Kier molecular flexibility index (Phi) is 4.35. The van der Waals surface area contributed by atoms with E-state index in [4.69, 9.17) is 39.5 Å². The van der Waals surface area contributed by atoms with Gasteiger partial charge >= 0.3 is 5.69 Å². The number of hydrogen-bond donors (Lipinski definition) is 0. The first kappa shape index (κ1) is 14.6. The smallest absolute Gasteiger partial charge is 0.361 e. The summed E-state index contributed by atoms with van der Waals surface area (Å²) >= 11 is 17.5. The first-order chi connectivity index (χ1) is 8.90. The summed E-state index contributed by atoms with van der Waals surface area (Å²) in [5, 5.41) is 3.87. The molecule has 0 atom stereocenters. The van der Waals surface area contributed by atoms with E-state index in [2.05, 4.69) is 5.10 Å². The standard InChI is InChI=1S/C10H8Cl3N3O2S/c1-18-8-4-2-7(3-5-8)15-6-14-16(9(15)17)19-10(11,12)13/h2-6H,1H3. The van der Waals surface area contributed by atoms with E-state index in [1.165, 1.54) is 10.9 Å². The molecule has 19 heavy (non-hydrogen) atoms. The summed E-state index contributed by atoms with van der Waals surface area (Å²) < 4.78 is 5.74. The molecule has 2 aromatic rings. The molecule has 102 valence electrons. The van der Waals surface area contributed by atoms with Crippen LogP contribution in [0.2, 0.25) is 0 Å². The maximum Gasteiger partial charge on any atom is 0.361 e. The van der Waals surface area contributed by atoms with Gasteiger partial charge in [-0.25, -0.2) is 9.36 Å². The summed E-state index contributed by atoms with van der Waals surface area (Å²) in [7, 11) is 1.57. The number of methoxy groups -OCH3 is 1. The Morgan fingerprint density at radius 1 is 1.26 bits per heavy atom. The first-order valence-electron chi connectivity index (χ1n) is 4.98. The fraction of sp³-hybridized carbons (Fsp3) is 0.200. The van der Waals surface area contributed by atoms with E-state index in [0.29, 0.717) is 23.4 Å². The van der Waals surface area contributed by atoms with Crippen LogP contribution in [0.4, 0.5) is 0 Å². The van der Waals surface area contributed by atoms with Crippen molar-refractivity contribution in [1.29, 1.82) is 0 Å². The van der Waals surface area contributed by atoms with Crippen LogP contribution in [0.3, 0.4) is 0 Å². The molecule has 1 heterocycles. The predicted molar refractivity (Wildman–Crippen MR) is 77.7 cm³/mol. The summed E-state index contributed by atoms with van der Waals surface area (Å²) in [6, 6.07) is 6.93.